The first-order valence-corrected chi connectivity index (χ1v) is 17.2. The second-order valence-electron chi connectivity index (χ2n) is 12.2. The standard InChI is InChI=1S/C34H25F12O5P/c1-48-22-15-11-20(12-16-22)28(21-13-17-23(49-2)18-14-21)19-52(50-28,26-9-5-3-7-24(26)29(47,31(35,36)37)32(38,39)40)27-10-6-4-8-25(27)30(51-52,33(41,42)43)34(44,45)46/h3-18,47H,19H2,1-2H3. The molecule has 280 valence electrons. The maximum absolute atomic E-state index is 15.2. The molecule has 18 heteroatoms. The number of rotatable bonds is 6. The summed E-state index contributed by atoms with van der Waals surface area (Å²) >= 11 is 0. The predicted molar refractivity (Wildman–Crippen MR) is 163 cm³/mol. The van der Waals surface area contributed by atoms with Crippen molar-refractivity contribution in [2.45, 2.75) is 41.5 Å². The van der Waals surface area contributed by atoms with E-state index in [2.05, 4.69) is 0 Å². The van der Waals surface area contributed by atoms with Gasteiger partial charge in [-0.3, -0.25) is 0 Å². The van der Waals surface area contributed by atoms with Crippen LogP contribution in [0.15, 0.2) is 97.1 Å². The van der Waals surface area contributed by atoms with Gasteiger partial charge >= 0.3 is 287 Å². The van der Waals surface area contributed by atoms with Gasteiger partial charge in [-0.25, -0.2) is 0 Å². The van der Waals surface area contributed by atoms with Gasteiger partial charge < -0.3 is 0 Å². The monoisotopic (exact) mass is 772 g/mol. The van der Waals surface area contributed by atoms with E-state index in [1.54, 1.807) is 0 Å². The molecule has 0 aromatic heterocycles. The molecule has 2 aliphatic rings. The average molecular weight is 773 g/mol. The van der Waals surface area contributed by atoms with Crippen molar-refractivity contribution >= 4 is 17.7 Å². The van der Waals surface area contributed by atoms with Crippen LogP contribution in [0.2, 0.25) is 0 Å². The Morgan fingerprint density at radius 3 is 1.38 bits per heavy atom. The number of ether oxygens (including phenoxy) is 2. The van der Waals surface area contributed by atoms with Crippen LogP contribution < -0.4 is 20.1 Å². The van der Waals surface area contributed by atoms with Crippen molar-refractivity contribution in [1.29, 1.82) is 0 Å². The van der Waals surface area contributed by atoms with Gasteiger partial charge in [0.2, 0.25) is 0 Å². The van der Waals surface area contributed by atoms with E-state index < -0.39 is 76.5 Å². The van der Waals surface area contributed by atoms with Crippen LogP contribution in [-0.4, -0.2) is 50.2 Å². The van der Waals surface area contributed by atoms with Crippen LogP contribution in [0, 0.1) is 0 Å². The normalized spacial score (nSPS) is 19.9. The summed E-state index contributed by atoms with van der Waals surface area (Å²) < 4.78 is 201. The summed E-state index contributed by atoms with van der Waals surface area (Å²) in [5.74, 6) is 0.463. The molecule has 0 atom stereocenters. The van der Waals surface area contributed by atoms with Gasteiger partial charge in [-0.05, 0) is 0 Å². The van der Waals surface area contributed by atoms with E-state index in [9.17, 15) is 31.4 Å². The minimum atomic E-state index is -6.65. The zero-order chi connectivity index (χ0) is 38.4. The molecule has 5 nitrogen and oxygen atoms in total. The van der Waals surface area contributed by atoms with Gasteiger partial charge in [-0.15, -0.1) is 0 Å². The summed E-state index contributed by atoms with van der Waals surface area (Å²) in [6.07, 6.45) is -27.2. The molecule has 0 amide bonds. The number of hydrogen-bond acceptors (Lipinski definition) is 5. The minimum absolute atomic E-state index is 0.00528. The third kappa shape index (κ3) is 4.81. The van der Waals surface area contributed by atoms with Crippen LogP contribution in [-0.2, 0) is 25.9 Å². The molecule has 0 unspecified atom stereocenters. The van der Waals surface area contributed by atoms with Gasteiger partial charge in [0.25, 0.3) is 0 Å². The van der Waals surface area contributed by atoms with Crippen molar-refractivity contribution < 1.29 is 76.3 Å². The second kappa shape index (κ2) is 11.5. The summed E-state index contributed by atoms with van der Waals surface area (Å²) in [4.78, 5) is 0. The Balaban J connectivity index is 1.80. The van der Waals surface area contributed by atoms with Crippen LogP contribution in [0.5, 0.6) is 11.5 Å². The van der Waals surface area contributed by atoms with Crippen LogP contribution in [0.3, 0.4) is 0 Å². The molecule has 4 aromatic rings. The average Bonchev–Trinajstić information content (AvgIpc) is 3.37. The van der Waals surface area contributed by atoms with E-state index in [4.69, 9.17) is 18.5 Å². The van der Waals surface area contributed by atoms with Crippen LogP contribution in [0.4, 0.5) is 52.7 Å². The molecule has 0 bridgehead atoms. The molecule has 1 N–H and O–H groups in total. The maximum atomic E-state index is 15.2. The quantitative estimate of drug-likeness (QED) is 0.157. The van der Waals surface area contributed by atoms with E-state index in [1.807, 2.05) is 0 Å². The third-order valence-corrected chi connectivity index (χ3v) is 14.6. The Morgan fingerprint density at radius 1 is 0.577 bits per heavy atom. The van der Waals surface area contributed by atoms with E-state index in [0.29, 0.717) is 24.3 Å². The first-order chi connectivity index (χ1) is 24.0. The predicted octanol–water partition coefficient (Wildman–Crippen LogP) is 8.67. The number of fused-ring (bicyclic) bond motifs is 2. The summed E-state index contributed by atoms with van der Waals surface area (Å²) in [7, 11) is -4.06. The van der Waals surface area contributed by atoms with E-state index >= 15 is 26.3 Å². The summed E-state index contributed by atoms with van der Waals surface area (Å²) in [6, 6.07) is 15.4. The Bertz CT molecular complexity index is 1900. The Labute approximate surface area is 286 Å². The first kappa shape index (κ1) is 37.7. The molecule has 1 saturated heterocycles. The first-order valence-electron chi connectivity index (χ1n) is 14.9. The summed E-state index contributed by atoms with van der Waals surface area (Å²) in [6.45, 7) is 0. The van der Waals surface area contributed by atoms with Gasteiger partial charge in [-0.2, -0.15) is 0 Å². The van der Waals surface area contributed by atoms with Crippen LogP contribution in [0.1, 0.15) is 22.3 Å². The van der Waals surface area contributed by atoms with Crippen LogP contribution in [0.25, 0.3) is 0 Å². The van der Waals surface area contributed by atoms with E-state index in [-0.39, 0.29) is 28.7 Å². The third-order valence-electron chi connectivity index (χ3n) is 9.47. The summed E-state index contributed by atoms with van der Waals surface area (Å²) in [5.41, 5.74) is -17.1. The fourth-order valence-electron chi connectivity index (χ4n) is 7.16. The Hall–Kier alpha value is -4.05. The van der Waals surface area contributed by atoms with Crippen molar-refractivity contribution in [2.24, 2.45) is 0 Å². The molecule has 0 saturated carbocycles. The molecule has 6 rings (SSSR count). The molecular formula is C34H25F12O5P. The SMILES string of the molecule is COc1ccc(C2(c3ccc(OC)cc3)CP3(c4ccccc4C(O)(C(F)(F)F)C(F)(F)F)(O2)OC(C(F)(F)F)(C(F)(F)F)c2ccccc23)cc1. The zero-order valence-corrected chi connectivity index (χ0v) is 27.4. The number of aliphatic hydroxyl groups is 1. The van der Waals surface area contributed by atoms with Crippen LogP contribution >= 0.6 is 7.06 Å². The molecule has 2 aliphatic heterocycles. The fraction of sp³-hybridized carbons (Fsp3) is 0.294. The number of hydrogen-bond donors (Lipinski definition) is 1. The van der Waals surface area contributed by atoms with Gasteiger partial charge in [0.05, 0.1) is 0 Å². The van der Waals surface area contributed by atoms with Crippen molar-refractivity contribution in [1.82, 2.24) is 0 Å². The fourth-order valence-corrected chi connectivity index (χ4v) is 13.4. The molecule has 2 heterocycles. The Kier molecular flexibility index (Phi) is 8.32. The number of methoxy groups -OCH3 is 2. The number of alkyl halides is 12. The molecule has 52 heavy (non-hydrogen) atoms. The molecule has 1 fully saturated rings. The molecule has 0 radical (unpaired) electrons. The molecule has 1 spiro atoms. The summed E-state index contributed by atoms with van der Waals surface area (Å²) in [5, 5.41) is 8.16. The van der Waals surface area contributed by atoms with Gasteiger partial charge in [-0.1, -0.05) is 0 Å². The number of halogens is 12. The van der Waals surface area contributed by atoms with Gasteiger partial charge in [0, 0.05) is 0 Å². The van der Waals surface area contributed by atoms with Crippen molar-refractivity contribution in [3.63, 3.8) is 0 Å². The zero-order valence-electron chi connectivity index (χ0n) is 26.5. The van der Waals surface area contributed by atoms with Gasteiger partial charge in [0.15, 0.2) is 0 Å². The Morgan fingerprint density at radius 2 is 0.981 bits per heavy atom. The van der Waals surface area contributed by atoms with Crippen molar-refractivity contribution in [2.75, 3.05) is 20.4 Å². The molecular weight excluding hydrogens is 747 g/mol. The van der Waals surface area contributed by atoms with E-state index in [0.717, 1.165) is 18.2 Å². The topological polar surface area (TPSA) is 57.2 Å². The van der Waals surface area contributed by atoms with Crippen molar-refractivity contribution in [3.05, 3.63) is 119 Å². The van der Waals surface area contributed by atoms with Crippen molar-refractivity contribution in [3.8, 4) is 11.5 Å². The molecule has 0 aliphatic carbocycles. The van der Waals surface area contributed by atoms with E-state index in [1.165, 1.54) is 62.8 Å². The number of benzene rings is 4. The second-order valence-corrected chi connectivity index (χ2v) is 16.1. The molecule has 4 aromatic carbocycles. The van der Waals surface area contributed by atoms with Gasteiger partial charge in [0.1, 0.15) is 0 Å².